The molecule has 3 N–H and O–H groups in total. The Balaban J connectivity index is 1.73. The van der Waals surface area contributed by atoms with Gasteiger partial charge >= 0.3 is 0 Å². The van der Waals surface area contributed by atoms with Crippen LogP contribution in [-0.4, -0.2) is 15.7 Å². The van der Waals surface area contributed by atoms with Crippen molar-refractivity contribution in [3.63, 3.8) is 0 Å². The second-order valence-electron chi connectivity index (χ2n) is 4.52. The van der Waals surface area contributed by atoms with Gasteiger partial charge in [-0.15, -0.1) is 0 Å². The number of amides is 1. The minimum Gasteiger partial charge on any atom is -0.472 e. The van der Waals surface area contributed by atoms with Gasteiger partial charge in [0.15, 0.2) is 5.69 Å². The zero-order chi connectivity index (χ0) is 14.7. The standard InChI is InChI=1S/C15H14N4O2/c16-12-3-1-2-4-14(12)19-7-5-13(18-19)15(20)17-9-11-6-8-21-10-11/h1-8,10H,9,16H2,(H,17,20). The summed E-state index contributed by atoms with van der Waals surface area (Å²) in [4.78, 5) is 12.0. The van der Waals surface area contributed by atoms with Crippen molar-refractivity contribution < 1.29 is 9.21 Å². The van der Waals surface area contributed by atoms with E-state index in [2.05, 4.69) is 10.4 Å². The molecule has 0 spiro atoms. The van der Waals surface area contributed by atoms with Crippen LogP contribution in [0.25, 0.3) is 5.69 Å². The number of hydrogen-bond donors (Lipinski definition) is 2. The molecule has 0 unspecified atom stereocenters. The Kier molecular flexibility index (Phi) is 3.42. The van der Waals surface area contributed by atoms with E-state index in [1.807, 2.05) is 18.2 Å². The number of rotatable bonds is 4. The summed E-state index contributed by atoms with van der Waals surface area (Å²) in [6.45, 7) is 0.398. The summed E-state index contributed by atoms with van der Waals surface area (Å²) in [7, 11) is 0. The molecule has 2 heterocycles. The van der Waals surface area contributed by atoms with E-state index in [1.54, 1.807) is 41.6 Å². The molecule has 0 radical (unpaired) electrons. The van der Waals surface area contributed by atoms with Crippen LogP contribution < -0.4 is 11.1 Å². The summed E-state index contributed by atoms with van der Waals surface area (Å²) in [5.41, 5.74) is 8.47. The summed E-state index contributed by atoms with van der Waals surface area (Å²) < 4.78 is 6.53. The van der Waals surface area contributed by atoms with Gasteiger partial charge in [0.2, 0.25) is 0 Å². The van der Waals surface area contributed by atoms with Crippen molar-refractivity contribution in [1.82, 2.24) is 15.1 Å². The fraction of sp³-hybridized carbons (Fsp3) is 0.0667. The summed E-state index contributed by atoms with van der Waals surface area (Å²) in [5.74, 6) is -0.246. The topological polar surface area (TPSA) is 86.1 Å². The number of carbonyl (C=O) groups is 1. The number of hydrogen-bond acceptors (Lipinski definition) is 4. The minimum absolute atomic E-state index is 0.246. The van der Waals surface area contributed by atoms with E-state index in [-0.39, 0.29) is 5.91 Å². The lowest BCUT2D eigenvalue weighted by molar-refractivity contribution is 0.0945. The number of nitrogens with zero attached hydrogens (tertiary/aromatic N) is 2. The van der Waals surface area contributed by atoms with Crippen LogP contribution >= 0.6 is 0 Å². The molecule has 1 aromatic carbocycles. The van der Waals surface area contributed by atoms with Gasteiger partial charge in [-0.1, -0.05) is 12.1 Å². The number of carbonyl (C=O) groups excluding carboxylic acids is 1. The van der Waals surface area contributed by atoms with E-state index in [9.17, 15) is 4.79 Å². The van der Waals surface area contributed by atoms with Crippen LogP contribution in [0.1, 0.15) is 16.1 Å². The number of nitrogen functional groups attached to an aromatic ring is 1. The highest BCUT2D eigenvalue weighted by atomic mass is 16.3. The van der Waals surface area contributed by atoms with E-state index in [0.29, 0.717) is 17.9 Å². The van der Waals surface area contributed by atoms with Gasteiger partial charge < -0.3 is 15.5 Å². The third-order valence-electron chi connectivity index (χ3n) is 3.04. The van der Waals surface area contributed by atoms with Crippen LogP contribution in [0.2, 0.25) is 0 Å². The molecular formula is C15H14N4O2. The Morgan fingerprint density at radius 1 is 1.29 bits per heavy atom. The summed E-state index contributed by atoms with van der Waals surface area (Å²) in [6, 6.07) is 10.8. The first-order valence-electron chi connectivity index (χ1n) is 6.44. The van der Waals surface area contributed by atoms with Crippen LogP contribution in [0.5, 0.6) is 0 Å². The van der Waals surface area contributed by atoms with Crippen LogP contribution in [0.4, 0.5) is 5.69 Å². The van der Waals surface area contributed by atoms with Crippen molar-refractivity contribution in [3.05, 3.63) is 66.4 Å². The first-order chi connectivity index (χ1) is 10.2. The average molecular weight is 282 g/mol. The highest BCUT2D eigenvalue weighted by Gasteiger charge is 2.11. The van der Waals surface area contributed by atoms with Crippen LogP contribution in [0, 0.1) is 0 Å². The van der Waals surface area contributed by atoms with Crippen molar-refractivity contribution in [2.24, 2.45) is 0 Å². The van der Waals surface area contributed by atoms with Gasteiger partial charge in [-0.25, -0.2) is 4.68 Å². The summed E-state index contributed by atoms with van der Waals surface area (Å²) >= 11 is 0. The van der Waals surface area contributed by atoms with Crippen molar-refractivity contribution in [2.45, 2.75) is 6.54 Å². The number of aromatic nitrogens is 2. The SMILES string of the molecule is Nc1ccccc1-n1ccc(C(=O)NCc2ccoc2)n1. The molecule has 0 aliphatic rings. The lowest BCUT2D eigenvalue weighted by Gasteiger charge is -2.04. The molecule has 3 aromatic rings. The highest BCUT2D eigenvalue weighted by Crippen LogP contribution is 2.15. The molecule has 0 saturated heterocycles. The summed E-state index contributed by atoms with van der Waals surface area (Å²) in [6.07, 6.45) is 4.86. The average Bonchev–Trinajstić information content (AvgIpc) is 3.17. The molecule has 3 rings (SSSR count). The zero-order valence-electron chi connectivity index (χ0n) is 11.2. The first kappa shape index (κ1) is 13.0. The fourth-order valence-electron chi connectivity index (χ4n) is 1.94. The quantitative estimate of drug-likeness (QED) is 0.716. The van der Waals surface area contributed by atoms with Gasteiger partial charge in [0.25, 0.3) is 5.91 Å². The molecule has 106 valence electrons. The van der Waals surface area contributed by atoms with E-state index in [4.69, 9.17) is 10.2 Å². The molecular weight excluding hydrogens is 268 g/mol. The number of benzene rings is 1. The molecule has 2 aromatic heterocycles. The van der Waals surface area contributed by atoms with E-state index in [1.165, 1.54) is 0 Å². The van der Waals surface area contributed by atoms with Gasteiger partial charge in [-0.05, 0) is 24.3 Å². The Morgan fingerprint density at radius 3 is 2.90 bits per heavy atom. The maximum atomic E-state index is 12.0. The molecule has 21 heavy (non-hydrogen) atoms. The molecule has 0 aliphatic carbocycles. The molecule has 0 aliphatic heterocycles. The normalized spacial score (nSPS) is 10.5. The maximum Gasteiger partial charge on any atom is 0.272 e. The largest absolute Gasteiger partial charge is 0.472 e. The Hall–Kier alpha value is -3.02. The smallest absolute Gasteiger partial charge is 0.272 e. The second-order valence-corrected chi connectivity index (χ2v) is 4.52. The summed E-state index contributed by atoms with van der Waals surface area (Å²) in [5, 5.41) is 7.02. The Labute approximate surface area is 121 Å². The van der Waals surface area contributed by atoms with Crippen molar-refractivity contribution in [1.29, 1.82) is 0 Å². The van der Waals surface area contributed by atoms with E-state index in [0.717, 1.165) is 11.3 Å². The van der Waals surface area contributed by atoms with Crippen molar-refractivity contribution in [2.75, 3.05) is 5.73 Å². The number of para-hydroxylation sites is 2. The Bertz CT molecular complexity index is 747. The van der Waals surface area contributed by atoms with Crippen LogP contribution in [0.3, 0.4) is 0 Å². The van der Waals surface area contributed by atoms with Crippen LogP contribution in [-0.2, 0) is 6.54 Å². The maximum absolute atomic E-state index is 12.0. The predicted octanol–water partition coefficient (Wildman–Crippen LogP) is 1.98. The second kappa shape index (κ2) is 5.54. The predicted molar refractivity (Wildman–Crippen MR) is 77.9 cm³/mol. The highest BCUT2D eigenvalue weighted by molar-refractivity contribution is 5.92. The third kappa shape index (κ3) is 2.79. The van der Waals surface area contributed by atoms with Crippen molar-refractivity contribution >= 4 is 11.6 Å². The minimum atomic E-state index is -0.246. The van der Waals surface area contributed by atoms with E-state index < -0.39 is 0 Å². The lowest BCUT2D eigenvalue weighted by atomic mass is 10.3. The van der Waals surface area contributed by atoms with E-state index >= 15 is 0 Å². The van der Waals surface area contributed by atoms with Gasteiger partial charge in [0.1, 0.15) is 0 Å². The fourth-order valence-corrected chi connectivity index (χ4v) is 1.94. The molecule has 1 amide bonds. The molecule has 6 heteroatoms. The molecule has 0 atom stereocenters. The zero-order valence-corrected chi connectivity index (χ0v) is 11.2. The molecule has 0 bridgehead atoms. The molecule has 6 nitrogen and oxygen atoms in total. The van der Waals surface area contributed by atoms with Gasteiger partial charge in [-0.3, -0.25) is 4.79 Å². The molecule has 0 saturated carbocycles. The van der Waals surface area contributed by atoms with Gasteiger partial charge in [0.05, 0.1) is 23.9 Å². The van der Waals surface area contributed by atoms with Crippen molar-refractivity contribution in [3.8, 4) is 5.69 Å². The number of nitrogens with two attached hydrogens (primary N) is 1. The third-order valence-corrected chi connectivity index (χ3v) is 3.04. The first-order valence-corrected chi connectivity index (χ1v) is 6.44. The number of furan rings is 1. The van der Waals surface area contributed by atoms with Gasteiger partial charge in [0, 0.05) is 18.3 Å². The monoisotopic (exact) mass is 282 g/mol. The number of anilines is 1. The molecule has 0 fully saturated rings. The Morgan fingerprint density at radius 2 is 2.14 bits per heavy atom. The van der Waals surface area contributed by atoms with Crippen LogP contribution in [0.15, 0.2) is 59.5 Å². The number of nitrogens with one attached hydrogen (secondary N) is 1. The lowest BCUT2D eigenvalue weighted by Crippen LogP contribution is -2.23. The van der Waals surface area contributed by atoms with Gasteiger partial charge in [-0.2, -0.15) is 5.10 Å².